The number of aromatic nitrogens is 2. The number of carbonyl (C=O) groups excluding carboxylic acids is 1. The summed E-state index contributed by atoms with van der Waals surface area (Å²) in [6.45, 7) is 1.40. The minimum Gasteiger partial charge on any atom is -0.480 e. The van der Waals surface area contributed by atoms with Gasteiger partial charge in [0.25, 0.3) is 5.91 Å². The predicted octanol–water partition coefficient (Wildman–Crippen LogP) is 0.537. The molecule has 0 saturated carbocycles. The molecule has 2 aromatic heterocycles. The van der Waals surface area contributed by atoms with Crippen LogP contribution in [-0.4, -0.2) is 32.4 Å². The van der Waals surface area contributed by atoms with Gasteiger partial charge in [-0.2, -0.15) is 0 Å². The molecule has 0 saturated heterocycles. The zero-order chi connectivity index (χ0) is 12.4. The summed E-state index contributed by atoms with van der Waals surface area (Å²) in [5.74, 6) is -1.58. The van der Waals surface area contributed by atoms with Crippen molar-refractivity contribution in [3.63, 3.8) is 0 Å². The molecule has 0 bridgehead atoms. The number of aliphatic carboxylic acids is 1. The van der Waals surface area contributed by atoms with Crippen LogP contribution in [-0.2, 0) is 4.79 Å². The number of fused-ring (bicyclic) bond motifs is 1. The van der Waals surface area contributed by atoms with E-state index in [1.807, 2.05) is 12.1 Å². The fourth-order valence-corrected chi connectivity index (χ4v) is 1.38. The molecule has 6 heteroatoms. The van der Waals surface area contributed by atoms with Crippen molar-refractivity contribution in [1.29, 1.82) is 0 Å². The van der Waals surface area contributed by atoms with Crippen LogP contribution in [0.15, 0.2) is 30.6 Å². The van der Waals surface area contributed by atoms with Crippen molar-refractivity contribution in [2.45, 2.75) is 13.0 Å². The Morgan fingerprint density at radius 3 is 2.88 bits per heavy atom. The molecule has 1 atom stereocenters. The number of carboxylic acids is 1. The Balaban J connectivity index is 2.22. The van der Waals surface area contributed by atoms with Gasteiger partial charge in [0.15, 0.2) is 0 Å². The van der Waals surface area contributed by atoms with Gasteiger partial charge < -0.3 is 14.8 Å². The smallest absolute Gasteiger partial charge is 0.325 e. The zero-order valence-electron chi connectivity index (χ0n) is 9.12. The van der Waals surface area contributed by atoms with Gasteiger partial charge in [0.05, 0.1) is 0 Å². The maximum atomic E-state index is 11.7. The third-order valence-corrected chi connectivity index (χ3v) is 2.31. The van der Waals surface area contributed by atoms with Crippen molar-refractivity contribution in [1.82, 2.24) is 14.7 Å². The Morgan fingerprint density at radius 2 is 2.24 bits per heavy atom. The van der Waals surface area contributed by atoms with E-state index in [0.717, 1.165) is 0 Å². The summed E-state index contributed by atoms with van der Waals surface area (Å²) in [7, 11) is 0. The van der Waals surface area contributed by atoms with Gasteiger partial charge in [-0.25, -0.2) is 4.98 Å². The largest absolute Gasteiger partial charge is 0.480 e. The molecule has 2 aromatic rings. The second kappa shape index (κ2) is 4.25. The van der Waals surface area contributed by atoms with Crippen LogP contribution >= 0.6 is 0 Å². The zero-order valence-corrected chi connectivity index (χ0v) is 9.12. The van der Waals surface area contributed by atoms with Gasteiger partial charge in [-0.15, -0.1) is 0 Å². The first-order valence-corrected chi connectivity index (χ1v) is 5.05. The molecular weight excluding hydrogens is 222 g/mol. The highest BCUT2D eigenvalue weighted by molar-refractivity contribution is 5.95. The van der Waals surface area contributed by atoms with E-state index in [1.54, 1.807) is 22.9 Å². The van der Waals surface area contributed by atoms with E-state index in [9.17, 15) is 9.59 Å². The maximum absolute atomic E-state index is 11.7. The van der Waals surface area contributed by atoms with Crippen LogP contribution in [0.3, 0.4) is 0 Å². The molecule has 0 fully saturated rings. The molecule has 6 nitrogen and oxygen atoms in total. The van der Waals surface area contributed by atoms with E-state index in [0.29, 0.717) is 5.65 Å². The molecule has 0 radical (unpaired) electrons. The predicted molar refractivity (Wildman–Crippen MR) is 59.8 cm³/mol. The molecule has 17 heavy (non-hydrogen) atoms. The molecule has 2 heterocycles. The molecular formula is C11H11N3O3. The molecule has 0 aliphatic rings. The lowest BCUT2D eigenvalue weighted by molar-refractivity contribution is -0.138. The molecule has 0 aliphatic heterocycles. The first kappa shape index (κ1) is 11.1. The van der Waals surface area contributed by atoms with Gasteiger partial charge in [0.1, 0.15) is 17.4 Å². The van der Waals surface area contributed by atoms with E-state index >= 15 is 0 Å². The molecule has 2 rings (SSSR count). The number of rotatable bonds is 3. The quantitative estimate of drug-likeness (QED) is 0.810. The Kier molecular flexibility index (Phi) is 2.78. The summed E-state index contributed by atoms with van der Waals surface area (Å²) in [6.07, 6.45) is 3.32. The first-order chi connectivity index (χ1) is 8.08. The Morgan fingerprint density at radius 1 is 1.47 bits per heavy atom. The van der Waals surface area contributed by atoms with Crippen molar-refractivity contribution < 1.29 is 14.7 Å². The number of nitrogens with zero attached hydrogens (tertiary/aromatic N) is 2. The van der Waals surface area contributed by atoms with Gasteiger partial charge in [-0.05, 0) is 19.1 Å². The van der Waals surface area contributed by atoms with E-state index in [2.05, 4.69) is 10.3 Å². The Labute approximate surface area is 96.9 Å². The fraction of sp³-hybridized carbons (Fsp3) is 0.182. The van der Waals surface area contributed by atoms with Gasteiger partial charge in [0.2, 0.25) is 0 Å². The molecule has 0 spiro atoms. The number of amides is 1. The van der Waals surface area contributed by atoms with Crippen molar-refractivity contribution in [2.75, 3.05) is 0 Å². The van der Waals surface area contributed by atoms with Crippen molar-refractivity contribution >= 4 is 17.5 Å². The van der Waals surface area contributed by atoms with Gasteiger partial charge in [-0.1, -0.05) is 6.07 Å². The molecule has 2 N–H and O–H groups in total. The molecule has 1 amide bonds. The topological polar surface area (TPSA) is 83.7 Å². The van der Waals surface area contributed by atoms with Crippen LogP contribution in [0.5, 0.6) is 0 Å². The van der Waals surface area contributed by atoms with Crippen molar-refractivity contribution in [3.05, 3.63) is 36.3 Å². The summed E-state index contributed by atoms with van der Waals surface area (Å²) in [5, 5.41) is 11.0. The Bertz CT molecular complexity index is 543. The minimum atomic E-state index is -1.08. The van der Waals surface area contributed by atoms with E-state index in [1.165, 1.54) is 6.92 Å². The van der Waals surface area contributed by atoms with Gasteiger partial charge in [-0.3, -0.25) is 9.59 Å². The van der Waals surface area contributed by atoms with Crippen LogP contribution in [0.1, 0.15) is 17.4 Å². The third-order valence-electron chi connectivity index (χ3n) is 2.31. The van der Waals surface area contributed by atoms with Crippen LogP contribution in [0.4, 0.5) is 0 Å². The van der Waals surface area contributed by atoms with Gasteiger partial charge in [0, 0.05) is 12.4 Å². The highest BCUT2D eigenvalue weighted by atomic mass is 16.4. The second-order valence-corrected chi connectivity index (χ2v) is 3.63. The van der Waals surface area contributed by atoms with E-state index in [4.69, 9.17) is 5.11 Å². The number of hydrogen-bond donors (Lipinski definition) is 2. The number of hydrogen-bond acceptors (Lipinski definition) is 3. The number of carboxylic acid groups (broad SMARTS) is 1. The Hall–Kier alpha value is -2.37. The first-order valence-electron chi connectivity index (χ1n) is 5.05. The average Bonchev–Trinajstić information content (AvgIpc) is 2.72. The summed E-state index contributed by atoms with van der Waals surface area (Å²) in [6, 6.07) is 4.45. The van der Waals surface area contributed by atoms with Crippen molar-refractivity contribution in [2.24, 2.45) is 0 Å². The van der Waals surface area contributed by atoms with E-state index in [-0.39, 0.29) is 5.69 Å². The SMILES string of the molecule is C[C@H](NC(=O)c1cn2ccccc2n1)C(=O)O. The summed E-state index contributed by atoms with van der Waals surface area (Å²) < 4.78 is 1.69. The third kappa shape index (κ3) is 2.25. The maximum Gasteiger partial charge on any atom is 0.325 e. The van der Waals surface area contributed by atoms with Gasteiger partial charge >= 0.3 is 5.97 Å². The highest BCUT2D eigenvalue weighted by Gasteiger charge is 2.17. The number of imidazole rings is 1. The van der Waals surface area contributed by atoms with Crippen molar-refractivity contribution in [3.8, 4) is 0 Å². The molecule has 0 unspecified atom stereocenters. The number of pyridine rings is 1. The molecule has 88 valence electrons. The number of carbonyl (C=O) groups is 2. The van der Waals surface area contributed by atoms with Crippen LogP contribution < -0.4 is 5.32 Å². The standard InChI is InChI=1S/C11H11N3O3/c1-7(11(16)17)12-10(15)8-6-14-5-3-2-4-9(14)13-8/h2-7H,1H3,(H,12,15)(H,16,17)/t7-/m0/s1. The van der Waals surface area contributed by atoms with Crippen LogP contribution in [0.25, 0.3) is 5.65 Å². The number of nitrogens with one attached hydrogen (secondary N) is 1. The van der Waals surface area contributed by atoms with E-state index < -0.39 is 17.9 Å². The lowest BCUT2D eigenvalue weighted by Crippen LogP contribution is -2.38. The average molecular weight is 233 g/mol. The monoisotopic (exact) mass is 233 g/mol. The lowest BCUT2D eigenvalue weighted by Gasteiger charge is -2.06. The minimum absolute atomic E-state index is 0.198. The van der Waals surface area contributed by atoms with Crippen LogP contribution in [0.2, 0.25) is 0 Å². The van der Waals surface area contributed by atoms with Crippen LogP contribution in [0, 0.1) is 0 Å². The summed E-state index contributed by atoms with van der Waals surface area (Å²) >= 11 is 0. The normalized spacial score (nSPS) is 12.3. The lowest BCUT2D eigenvalue weighted by atomic mass is 10.3. The molecule has 0 aromatic carbocycles. The highest BCUT2D eigenvalue weighted by Crippen LogP contribution is 2.04. The summed E-state index contributed by atoms with van der Waals surface area (Å²) in [4.78, 5) is 26.4. The summed E-state index contributed by atoms with van der Waals surface area (Å²) in [5.41, 5.74) is 0.838. The molecule has 0 aliphatic carbocycles. The fourth-order valence-electron chi connectivity index (χ4n) is 1.38. The second-order valence-electron chi connectivity index (χ2n) is 3.63.